The lowest BCUT2D eigenvalue weighted by molar-refractivity contribution is 0.614. The first-order valence-electron chi connectivity index (χ1n) is 4.59. The van der Waals surface area contributed by atoms with Crippen LogP contribution in [0.3, 0.4) is 0 Å². The Morgan fingerprint density at radius 2 is 2.21 bits per heavy atom. The molecule has 0 aliphatic heterocycles. The first-order valence-corrected chi connectivity index (χ1v) is 4.59. The highest BCUT2D eigenvalue weighted by atomic mass is 19.1. The number of benzene rings is 1. The summed E-state index contributed by atoms with van der Waals surface area (Å²) in [6.45, 7) is 4.86. The highest BCUT2D eigenvalue weighted by molar-refractivity contribution is 5.23. The van der Waals surface area contributed by atoms with Gasteiger partial charge in [0.05, 0.1) is 6.54 Å². The van der Waals surface area contributed by atoms with Gasteiger partial charge < -0.3 is 5.32 Å². The molecule has 0 aromatic heterocycles. The van der Waals surface area contributed by atoms with Gasteiger partial charge in [-0.3, -0.25) is 0 Å². The molecule has 0 radical (unpaired) electrons. The SMILES string of the molecule is CC#CCNCc1ccc(C)c(F)c1. The number of nitrogens with one attached hydrogen (secondary N) is 1. The van der Waals surface area contributed by atoms with Crippen molar-refractivity contribution in [3.8, 4) is 11.8 Å². The molecule has 1 nitrogen and oxygen atoms in total. The maximum atomic E-state index is 13.1. The number of aryl methyl sites for hydroxylation is 1. The van der Waals surface area contributed by atoms with E-state index in [1.807, 2.05) is 6.07 Å². The summed E-state index contributed by atoms with van der Waals surface area (Å²) in [7, 11) is 0. The minimum absolute atomic E-state index is 0.147. The molecular weight excluding hydrogens is 177 g/mol. The number of halogens is 1. The van der Waals surface area contributed by atoms with Crippen molar-refractivity contribution < 1.29 is 4.39 Å². The molecule has 0 spiro atoms. The highest BCUT2D eigenvalue weighted by Gasteiger charge is 1.97. The molecule has 1 aromatic carbocycles. The average molecular weight is 191 g/mol. The van der Waals surface area contributed by atoms with Crippen LogP contribution in [-0.4, -0.2) is 6.54 Å². The quantitative estimate of drug-likeness (QED) is 0.570. The van der Waals surface area contributed by atoms with E-state index in [-0.39, 0.29) is 5.82 Å². The summed E-state index contributed by atoms with van der Waals surface area (Å²) < 4.78 is 13.1. The van der Waals surface area contributed by atoms with Crippen LogP contribution in [-0.2, 0) is 6.54 Å². The third-order valence-corrected chi connectivity index (χ3v) is 1.96. The van der Waals surface area contributed by atoms with E-state index in [1.165, 1.54) is 0 Å². The Morgan fingerprint density at radius 3 is 2.86 bits per heavy atom. The summed E-state index contributed by atoms with van der Waals surface area (Å²) in [5, 5.41) is 3.11. The summed E-state index contributed by atoms with van der Waals surface area (Å²) in [4.78, 5) is 0. The van der Waals surface area contributed by atoms with Crippen molar-refractivity contribution in [2.24, 2.45) is 0 Å². The van der Waals surface area contributed by atoms with Gasteiger partial charge in [-0.1, -0.05) is 18.1 Å². The molecule has 0 fully saturated rings. The van der Waals surface area contributed by atoms with Crippen LogP contribution < -0.4 is 5.32 Å². The van der Waals surface area contributed by atoms with Gasteiger partial charge in [-0.25, -0.2) is 4.39 Å². The van der Waals surface area contributed by atoms with Crippen LogP contribution in [0.4, 0.5) is 4.39 Å². The topological polar surface area (TPSA) is 12.0 Å². The van der Waals surface area contributed by atoms with Crippen LogP contribution in [0.15, 0.2) is 18.2 Å². The minimum Gasteiger partial charge on any atom is -0.302 e. The third kappa shape index (κ3) is 3.20. The summed E-state index contributed by atoms with van der Waals surface area (Å²) in [6.07, 6.45) is 0. The molecule has 0 bridgehead atoms. The molecule has 0 saturated heterocycles. The van der Waals surface area contributed by atoms with Gasteiger partial charge in [0, 0.05) is 6.54 Å². The Bertz CT molecular complexity index is 360. The van der Waals surface area contributed by atoms with Crippen LogP contribution in [0.2, 0.25) is 0 Å². The van der Waals surface area contributed by atoms with E-state index in [0.717, 1.165) is 5.56 Å². The maximum Gasteiger partial charge on any atom is 0.126 e. The van der Waals surface area contributed by atoms with Crippen molar-refractivity contribution in [1.29, 1.82) is 0 Å². The van der Waals surface area contributed by atoms with E-state index >= 15 is 0 Å². The second-order valence-electron chi connectivity index (χ2n) is 3.11. The fourth-order valence-electron chi connectivity index (χ4n) is 1.10. The molecule has 0 saturated carbocycles. The van der Waals surface area contributed by atoms with Crippen LogP contribution >= 0.6 is 0 Å². The molecule has 2 heteroatoms. The zero-order chi connectivity index (χ0) is 10.4. The van der Waals surface area contributed by atoms with Crippen LogP contribution in [0, 0.1) is 24.6 Å². The monoisotopic (exact) mass is 191 g/mol. The van der Waals surface area contributed by atoms with Gasteiger partial charge in [0.25, 0.3) is 0 Å². The summed E-state index contributed by atoms with van der Waals surface area (Å²) >= 11 is 0. The molecule has 0 atom stereocenters. The number of hydrogen-bond donors (Lipinski definition) is 1. The number of rotatable bonds is 3. The molecule has 74 valence electrons. The molecular formula is C12H14FN. The van der Waals surface area contributed by atoms with E-state index in [4.69, 9.17) is 0 Å². The first-order chi connectivity index (χ1) is 6.74. The van der Waals surface area contributed by atoms with Crippen molar-refractivity contribution in [1.82, 2.24) is 5.32 Å². The molecule has 1 aromatic rings. The zero-order valence-electron chi connectivity index (χ0n) is 8.52. The second-order valence-corrected chi connectivity index (χ2v) is 3.11. The Balaban J connectivity index is 2.50. The van der Waals surface area contributed by atoms with Gasteiger partial charge in [-0.15, -0.1) is 5.92 Å². The highest BCUT2D eigenvalue weighted by Crippen LogP contribution is 2.08. The van der Waals surface area contributed by atoms with Gasteiger partial charge in [0.2, 0.25) is 0 Å². The standard InChI is InChI=1S/C12H14FN/c1-3-4-7-14-9-11-6-5-10(2)12(13)8-11/h5-6,8,14H,7,9H2,1-2H3. The van der Waals surface area contributed by atoms with E-state index < -0.39 is 0 Å². The molecule has 0 amide bonds. The van der Waals surface area contributed by atoms with Gasteiger partial charge in [-0.2, -0.15) is 0 Å². The summed E-state index contributed by atoms with van der Waals surface area (Å²) in [5.74, 6) is 5.53. The predicted molar refractivity (Wildman–Crippen MR) is 56.3 cm³/mol. The van der Waals surface area contributed by atoms with Gasteiger partial charge in [-0.05, 0) is 31.0 Å². The lowest BCUT2D eigenvalue weighted by Crippen LogP contribution is -2.13. The third-order valence-electron chi connectivity index (χ3n) is 1.96. The minimum atomic E-state index is -0.147. The molecule has 0 aliphatic rings. The van der Waals surface area contributed by atoms with Crippen LogP contribution in [0.25, 0.3) is 0 Å². The molecule has 1 rings (SSSR count). The van der Waals surface area contributed by atoms with Crippen molar-refractivity contribution in [2.45, 2.75) is 20.4 Å². The lowest BCUT2D eigenvalue weighted by atomic mass is 10.1. The molecule has 14 heavy (non-hydrogen) atoms. The van der Waals surface area contributed by atoms with Gasteiger partial charge in [0.1, 0.15) is 5.82 Å². The largest absolute Gasteiger partial charge is 0.302 e. The lowest BCUT2D eigenvalue weighted by Gasteiger charge is -2.02. The molecule has 0 heterocycles. The fraction of sp³-hybridized carbons (Fsp3) is 0.333. The maximum absolute atomic E-state index is 13.1. The summed E-state index contributed by atoms with van der Waals surface area (Å²) in [6, 6.07) is 5.27. The zero-order valence-corrected chi connectivity index (χ0v) is 8.52. The van der Waals surface area contributed by atoms with Crippen molar-refractivity contribution >= 4 is 0 Å². The predicted octanol–water partition coefficient (Wildman–Crippen LogP) is 2.25. The van der Waals surface area contributed by atoms with Gasteiger partial charge >= 0.3 is 0 Å². The van der Waals surface area contributed by atoms with Crippen LogP contribution in [0.1, 0.15) is 18.1 Å². The summed E-state index contributed by atoms with van der Waals surface area (Å²) in [5.41, 5.74) is 1.63. The Kier molecular flexibility index (Phi) is 4.15. The van der Waals surface area contributed by atoms with E-state index in [9.17, 15) is 4.39 Å². The van der Waals surface area contributed by atoms with Crippen molar-refractivity contribution in [2.75, 3.05) is 6.54 Å². The van der Waals surface area contributed by atoms with Crippen molar-refractivity contribution in [3.05, 3.63) is 35.1 Å². The number of hydrogen-bond acceptors (Lipinski definition) is 1. The van der Waals surface area contributed by atoms with E-state index in [1.54, 1.807) is 26.0 Å². The Hall–Kier alpha value is -1.33. The van der Waals surface area contributed by atoms with E-state index in [2.05, 4.69) is 17.2 Å². The average Bonchev–Trinajstić information content (AvgIpc) is 2.18. The second kappa shape index (κ2) is 5.41. The van der Waals surface area contributed by atoms with Crippen molar-refractivity contribution in [3.63, 3.8) is 0 Å². The van der Waals surface area contributed by atoms with E-state index in [0.29, 0.717) is 18.7 Å². The molecule has 0 unspecified atom stereocenters. The van der Waals surface area contributed by atoms with Gasteiger partial charge in [0.15, 0.2) is 0 Å². The first kappa shape index (κ1) is 10.7. The van der Waals surface area contributed by atoms with Crippen LogP contribution in [0.5, 0.6) is 0 Å². The fourth-order valence-corrected chi connectivity index (χ4v) is 1.10. The Morgan fingerprint density at radius 1 is 1.43 bits per heavy atom. The normalized spacial score (nSPS) is 9.36. The Labute approximate surface area is 84.3 Å². The molecule has 0 aliphatic carbocycles. The molecule has 1 N–H and O–H groups in total. The smallest absolute Gasteiger partial charge is 0.126 e.